The Morgan fingerprint density at radius 1 is 1.11 bits per heavy atom. The average Bonchev–Trinajstić information content (AvgIpc) is 3.25. The van der Waals surface area contributed by atoms with Crippen molar-refractivity contribution in [3.8, 4) is 17.2 Å². The van der Waals surface area contributed by atoms with Gasteiger partial charge >= 0.3 is 0 Å². The van der Waals surface area contributed by atoms with E-state index in [1.807, 2.05) is 18.2 Å². The van der Waals surface area contributed by atoms with E-state index in [4.69, 9.17) is 14.2 Å². The number of para-hydroxylation sites is 1. The van der Waals surface area contributed by atoms with Gasteiger partial charge in [-0.25, -0.2) is 0 Å². The molecule has 1 aromatic heterocycles. The standard InChI is InChI=1S/C21H26BrNO3S/c22-20-11-10-19(27-20)16(12-13-23-15-6-3-1-2-4-7-15)26-18-9-5-8-17-21(18)25-14-24-17/h5,8-11,15-16,23H,1-4,6-7,12-14H2. The van der Waals surface area contributed by atoms with Crippen molar-refractivity contribution >= 4 is 27.3 Å². The minimum atomic E-state index is -0.00437. The van der Waals surface area contributed by atoms with Crippen LogP contribution in [0.2, 0.25) is 0 Å². The van der Waals surface area contributed by atoms with Gasteiger partial charge in [0.15, 0.2) is 11.5 Å². The highest BCUT2D eigenvalue weighted by molar-refractivity contribution is 9.11. The Morgan fingerprint density at radius 3 is 2.74 bits per heavy atom. The van der Waals surface area contributed by atoms with Crippen molar-refractivity contribution in [2.45, 2.75) is 57.1 Å². The van der Waals surface area contributed by atoms with E-state index in [2.05, 4.69) is 33.4 Å². The fourth-order valence-corrected chi connectivity index (χ4v) is 5.30. The molecule has 1 atom stereocenters. The molecule has 0 bridgehead atoms. The number of rotatable bonds is 7. The highest BCUT2D eigenvalue weighted by Crippen LogP contribution is 2.43. The van der Waals surface area contributed by atoms with Crippen LogP contribution >= 0.6 is 27.3 Å². The second-order valence-corrected chi connectivity index (χ2v) is 9.66. The van der Waals surface area contributed by atoms with Gasteiger partial charge in [-0.3, -0.25) is 0 Å². The molecule has 0 radical (unpaired) electrons. The largest absolute Gasteiger partial charge is 0.481 e. The number of halogens is 1. The minimum absolute atomic E-state index is 0.00437. The summed E-state index contributed by atoms with van der Waals surface area (Å²) in [6.45, 7) is 1.21. The zero-order valence-electron chi connectivity index (χ0n) is 15.4. The fraction of sp³-hybridized carbons (Fsp3) is 0.524. The van der Waals surface area contributed by atoms with Gasteiger partial charge < -0.3 is 19.5 Å². The van der Waals surface area contributed by atoms with Crippen LogP contribution in [0.4, 0.5) is 0 Å². The second-order valence-electron chi connectivity index (χ2n) is 7.17. The van der Waals surface area contributed by atoms with E-state index in [1.54, 1.807) is 11.3 Å². The molecule has 1 fully saturated rings. The maximum absolute atomic E-state index is 6.42. The molecule has 0 spiro atoms. The molecule has 146 valence electrons. The third kappa shape index (κ3) is 4.98. The van der Waals surface area contributed by atoms with Gasteiger partial charge in [0.1, 0.15) is 6.10 Å². The van der Waals surface area contributed by atoms with Crippen LogP contribution in [-0.2, 0) is 0 Å². The number of thiophene rings is 1. The van der Waals surface area contributed by atoms with Crippen LogP contribution in [0.25, 0.3) is 0 Å². The Hall–Kier alpha value is -1.24. The first-order valence-corrected chi connectivity index (χ1v) is 11.4. The molecular formula is C21H26BrNO3S. The van der Waals surface area contributed by atoms with Gasteiger partial charge in [-0.05, 0) is 59.6 Å². The first-order valence-electron chi connectivity index (χ1n) is 9.83. The summed E-state index contributed by atoms with van der Waals surface area (Å²) in [5.41, 5.74) is 0. The SMILES string of the molecule is Brc1ccc(C(CCNC2CCCCCC2)Oc2cccc3c2OCO3)s1. The van der Waals surface area contributed by atoms with Crippen molar-refractivity contribution in [1.82, 2.24) is 5.32 Å². The predicted octanol–water partition coefficient (Wildman–Crippen LogP) is 6.06. The molecule has 2 aliphatic rings. The Labute approximate surface area is 173 Å². The van der Waals surface area contributed by atoms with E-state index in [-0.39, 0.29) is 12.9 Å². The van der Waals surface area contributed by atoms with Crippen molar-refractivity contribution < 1.29 is 14.2 Å². The van der Waals surface area contributed by atoms with Gasteiger partial charge in [-0.2, -0.15) is 0 Å². The van der Waals surface area contributed by atoms with Gasteiger partial charge in [0.05, 0.1) is 3.79 Å². The van der Waals surface area contributed by atoms with E-state index < -0.39 is 0 Å². The van der Waals surface area contributed by atoms with Crippen molar-refractivity contribution in [3.05, 3.63) is 39.0 Å². The van der Waals surface area contributed by atoms with E-state index in [1.165, 1.54) is 43.4 Å². The van der Waals surface area contributed by atoms with Gasteiger partial charge in [-0.1, -0.05) is 31.7 Å². The van der Waals surface area contributed by atoms with Gasteiger partial charge in [0.2, 0.25) is 12.5 Å². The van der Waals surface area contributed by atoms with Gasteiger partial charge in [-0.15, -0.1) is 11.3 Å². The van der Waals surface area contributed by atoms with Crippen LogP contribution in [0.3, 0.4) is 0 Å². The van der Waals surface area contributed by atoms with Gasteiger partial charge in [0, 0.05) is 17.3 Å². The summed E-state index contributed by atoms with van der Waals surface area (Å²) in [6.07, 6.45) is 8.99. The number of fused-ring (bicyclic) bond motifs is 1. The van der Waals surface area contributed by atoms with Crippen LogP contribution in [-0.4, -0.2) is 19.4 Å². The molecule has 1 aliphatic heterocycles. The number of ether oxygens (including phenoxy) is 3. The number of hydrogen-bond donors (Lipinski definition) is 1. The highest BCUT2D eigenvalue weighted by atomic mass is 79.9. The maximum atomic E-state index is 6.42. The number of nitrogens with one attached hydrogen (secondary N) is 1. The van der Waals surface area contributed by atoms with Gasteiger partial charge in [0.25, 0.3) is 0 Å². The van der Waals surface area contributed by atoms with E-state index in [9.17, 15) is 0 Å². The third-order valence-electron chi connectivity index (χ3n) is 5.24. The number of hydrogen-bond acceptors (Lipinski definition) is 5. The van der Waals surface area contributed by atoms with Crippen LogP contribution in [0.15, 0.2) is 34.1 Å². The van der Waals surface area contributed by atoms with Crippen LogP contribution < -0.4 is 19.5 Å². The van der Waals surface area contributed by atoms with E-state index >= 15 is 0 Å². The lowest BCUT2D eigenvalue weighted by molar-refractivity contribution is 0.158. The maximum Gasteiger partial charge on any atom is 0.231 e. The third-order valence-corrected chi connectivity index (χ3v) is 6.95. The summed E-state index contributed by atoms with van der Waals surface area (Å²) in [5.74, 6) is 2.24. The molecule has 1 aromatic carbocycles. The zero-order valence-corrected chi connectivity index (χ0v) is 17.8. The molecule has 27 heavy (non-hydrogen) atoms. The van der Waals surface area contributed by atoms with E-state index in [0.29, 0.717) is 6.04 Å². The fourth-order valence-electron chi connectivity index (χ4n) is 3.81. The molecule has 0 saturated heterocycles. The van der Waals surface area contributed by atoms with Crippen molar-refractivity contribution in [2.24, 2.45) is 0 Å². The Balaban J connectivity index is 1.42. The molecule has 6 heteroatoms. The molecule has 2 aromatic rings. The molecule has 4 nitrogen and oxygen atoms in total. The summed E-state index contributed by atoms with van der Waals surface area (Å²) in [5, 5.41) is 3.76. The topological polar surface area (TPSA) is 39.7 Å². The summed E-state index contributed by atoms with van der Waals surface area (Å²) in [7, 11) is 0. The Bertz CT molecular complexity index is 743. The molecular weight excluding hydrogens is 426 g/mol. The first kappa shape index (κ1) is 19.1. The average molecular weight is 452 g/mol. The van der Waals surface area contributed by atoms with Crippen molar-refractivity contribution in [1.29, 1.82) is 0 Å². The van der Waals surface area contributed by atoms with E-state index in [0.717, 1.165) is 34.0 Å². The molecule has 4 rings (SSSR count). The quantitative estimate of drug-likeness (QED) is 0.519. The minimum Gasteiger partial charge on any atom is -0.481 e. The van der Waals surface area contributed by atoms with Crippen LogP contribution in [0.5, 0.6) is 17.2 Å². The van der Waals surface area contributed by atoms with Crippen molar-refractivity contribution in [2.75, 3.05) is 13.3 Å². The second kappa shape index (κ2) is 9.30. The number of benzene rings is 1. The predicted molar refractivity (Wildman–Crippen MR) is 112 cm³/mol. The van der Waals surface area contributed by atoms with Crippen LogP contribution in [0, 0.1) is 0 Å². The molecule has 2 heterocycles. The lowest BCUT2D eigenvalue weighted by Crippen LogP contribution is -2.30. The monoisotopic (exact) mass is 451 g/mol. The Kier molecular flexibility index (Phi) is 6.58. The molecule has 0 amide bonds. The Morgan fingerprint density at radius 2 is 1.96 bits per heavy atom. The van der Waals surface area contributed by atoms with Crippen molar-refractivity contribution in [3.63, 3.8) is 0 Å². The smallest absolute Gasteiger partial charge is 0.231 e. The molecule has 1 N–H and O–H groups in total. The first-order chi connectivity index (χ1) is 13.3. The summed E-state index contributed by atoms with van der Waals surface area (Å²) in [6, 6.07) is 10.7. The molecule has 1 aliphatic carbocycles. The summed E-state index contributed by atoms with van der Waals surface area (Å²) >= 11 is 5.31. The highest BCUT2D eigenvalue weighted by Gasteiger charge is 2.23. The van der Waals surface area contributed by atoms with Crippen LogP contribution in [0.1, 0.15) is 55.9 Å². The zero-order chi connectivity index (χ0) is 18.5. The lowest BCUT2D eigenvalue weighted by Gasteiger charge is -2.21. The molecule has 1 saturated carbocycles. The molecule has 1 unspecified atom stereocenters. The lowest BCUT2D eigenvalue weighted by atomic mass is 10.1. The summed E-state index contributed by atoms with van der Waals surface area (Å²) < 4.78 is 18.6. The summed E-state index contributed by atoms with van der Waals surface area (Å²) in [4.78, 5) is 1.22. The normalized spacial score (nSPS) is 18.3.